The Morgan fingerprint density at radius 3 is 1.92 bits per heavy atom. The summed E-state index contributed by atoms with van der Waals surface area (Å²) in [6.07, 6.45) is 0. The Kier molecular flexibility index (Phi) is 4.62. The lowest BCUT2D eigenvalue weighted by Crippen LogP contribution is -2.31. The highest BCUT2D eigenvalue weighted by molar-refractivity contribution is 7.92. The first-order valence-corrected chi connectivity index (χ1v) is 8.89. The Hall–Kier alpha value is -2.66. The second-order valence-corrected chi connectivity index (χ2v) is 7.12. The van der Waals surface area contributed by atoms with E-state index in [1.165, 1.54) is 30.3 Å². The second kappa shape index (κ2) is 6.84. The SMILES string of the molecule is O=S(=O)(c1ccccc1)N(Cc1ccccc1)c1ccccc1F. The van der Waals surface area contributed by atoms with E-state index in [-0.39, 0.29) is 17.1 Å². The zero-order valence-electron chi connectivity index (χ0n) is 12.8. The molecular weight excluding hydrogens is 325 g/mol. The van der Waals surface area contributed by atoms with Gasteiger partial charge < -0.3 is 0 Å². The van der Waals surface area contributed by atoms with Gasteiger partial charge in [0.1, 0.15) is 5.82 Å². The monoisotopic (exact) mass is 341 g/mol. The number of sulfonamides is 1. The lowest BCUT2D eigenvalue weighted by molar-refractivity contribution is 0.584. The van der Waals surface area contributed by atoms with Gasteiger partial charge in [0.25, 0.3) is 10.0 Å². The van der Waals surface area contributed by atoms with Crippen molar-refractivity contribution in [3.8, 4) is 0 Å². The number of nitrogens with zero attached hydrogens (tertiary/aromatic N) is 1. The summed E-state index contributed by atoms with van der Waals surface area (Å²) in [6.45, 7) is 0.0546. The van der Waals surface area contributed by atoms with Gasteiger partial charge in [-0.05, 0) is 29.8 Å². The molecule has 122 valence electrons. The summed E-state index contributed by atoms with van der Waals surface area (Å²) in [6, 6.07) is 23.1. The van der Waals surface area contributed by atoms with E-state index in [4.69, 9.17) is 0 Å². The first kappa shape index (κ1) is 16.2. The van der Waals surface area contributed by atoms with Gasteiger partial charge in [-0.15, -0.1) is 0 Å². The maximum absolute atomic E-state index is 14.3. The smallest absolute Gasteiger partial charge is 0.259 e. The molecule has 0 N–H and O–H groups in total. The van der Waals surface area contributed by atoms with E-state index in [0.717, 1.165) is 9.87 Å². The maximum atomic E-state index is 14.3. The van der Waals surface area contributed by atoms with Crippen molar-refractivity contribution in [2.75, 3.05) is 4.31 Å². The normalized spacial score (nSPS) is 11.2. The lowest BCUT2D eigenvalue weighted by Gasteiger charge is -2.25. The van der Waals surface area contributed by atoms with Crippen molar-refractivity contribution >= 4 is 15.7 Å². The van der Waals surface area contributed by atoms with E-state index in [2.05, 4.69) is 0 Å². The van der Waals surface area contributed by atoms with Crippen LogP contribution in [0.3, 0.4) is 0 Å². The van der Waals surface area contributed by atoms with Crippen molar-refractivity contribution in [1.82, 2.24) is 0 Å². The van der Waals surface area contributed by atoms with Crippen LogP contribution in [0.15, 0.2) is 89.8 Å². The van der Waals surface area contributed by atoms with Gasteiger partial charge in [0, 0.05) is 0 Å². The first-order chi connectivity index (χ1) is 11.6. The van der Waals surface area contributed by atoms with Crippen molar-refractivity contribution in [1.29, 1.82) is 0 Å². The van der Waals surface area contributed by atoms with Crippen LogP contribution < -0.4 is 4.31 Å². The van der Waals surface area contributed by atoms with Crippen LogP contribution in [0, 0.1) is 5.82 Å². The van der Waals surface area contributed by atoms with Crippen LogP contribution in [0.2, 0.25) is 0 Å². The highest BCUT2D eigenvalue weighted by Gasteiger charge is 2.26. The molecule has 0 saturated carbocycles. The second-order valence-electron chi connectivity index (χ2n) is 5.26. The zero-order chi connectivity index (χ0) is 17.0. The van der Waals surface area contributed by atoms with Gasteiger partial charge in [0.05, 0.1) is 17.1 Å². The number of rotatable bonds is 5. The molecule has 0 radical (unpaired) electrons. The van der Waals surface area contributed by atoms with E-state index < -0.39 is 15.8 Å². The van der Waals surface area contributed by atoms with E-state index in [0.29, 0.717) is 0 Å². The predicted octanol–water partition coefficient (Wildman–Crippen LogP) is 4.22. The van der Waals surface area contributed by atoms with Crippen LogP contribution in [0.1, 0.15) is 5.56 Å². The minimum atomic E-state index is -3.88. The van der Waals surface area contributed by atoms with Gasteiger partial charge in [-0.1, -0.05) is 60.7 Å². The minimum Gasteiger partial charge on any atom is -0.259 e. The average Bonchev–Trinajstić information content (AvgIpc) is 2.62. The van der Waals surface area contributed by atoms with Crippen molar-refractivity contribution in [2.24, 2.45) is 0 Å². The number of anilines is 1. The Morgan fingerprint density at radius 2 is 1.29 bits per heavy atom. The maximum Gasteiger partial charge on any atom is 0.264 e. The largest absolute Gasteiger partial charge is 0.264 e. The molecule has 0 aliphatic rings. The summed E-state index contributed by atoms with van der Waals surface area (Å²) in [4.78, 5) is 0.129. The van der Waals surface area contributed by atoms with Crippen LogP contribution in [-0.4, -0.2) is 8.42 Å². The molecule has 0 unspecified atom stereocenters. The molecule has 3 aromatic carbocycles. The fourth-order valence-electron chi connectivity index (χ4n) is 2.42. The Labute approximate surface area is 141 Å². The molecule has 5 heteroatoms. The third-order valence-electron chi connectivity index (χ3n) is 3.62. The number of benzene rings is 3. The summed E-state index contributed by atoms with van der Waals surface area (Å²) in [7, 11) is -3.88. The Balaban J connectivity index is 2.10. The summed E-state index contributed by atoms with van der Waals surface area (Å²) < 4.78 is 41.5. The minimum absolute atomic E-state index is 0.0326. The quantitative estimate of drug-likeness (QED) is 0.697. The Bertz CT molecular complexity index is 912. The van der Waals surface area contributed by atoms with Gasteiger partial charge >= 0.3 is 0 Å². The van der Waals surface area contributed by atoms with Gasteiger partial charge in [-0.25, -0.2) is 12.8 Å². The number of hydrogen-bond acceptors (Lipinski definition) is 2. The first-order valence-electron chi connectivity index (χ1n) is 7.45. The topological polar surface area (TPSA) is 37.4 Å². The molecule has 0 bridgehead atoms. The van der Waals surface area contributed by atoms with Crippen LogP contribution in [0.5, 0.6) is 0 Å². The molecule has 0 amide bonds. The van der Waals surface area contributed by atoms with Crippen LogP contribution >= 0.6 is 0 Å². The molecule has 0 aromatic heterocycles. The molecule has 3 nitrogen and oxygen atoms in total. The fraction of sp³-hybridized carbons (Fsp3) is 0.0526. The van der Waals surface area contributed by atoms with Gasteiger partial charge in [0.15, 0.2) is 0 Å². The molecular formula is C19H16FNO2S. The summed E-state index contributed by atoms with van der Waals surface area (Å²) >= 11 is 0. The molecule has 0 spiro atoms. The average molecular weight is 341 g/mol. The van der Waals surface area contributed by atoms with E-state index in [1.54, 1.807) is 24.3 Å². The van der Waals surface area contributed by atoms with Crippen molar-refractivity contribution in [3.63, 3.8) is 0 Å². The van der Waals surface area contributed by atoms with Crippen molar-refractivity contribution in [3.05, 3.63) is 96.3 Å². The van der Waals surface area contributed by atoms with Crippen molar-refractivity contribution in [2.45, 2.75) is 11.4 Å². The molecule has 0 aliphatic heterocycles. The van der Waals surface area contributed by atoms with E-state index >= 15 is 0 Å². The fourth-order valence-corrected chi connectivity index (χ4v) is 3.90. The van der Waals surface area contributed by atoms with Crippen LogP contribution in [-0.2, 0) is 16.6 Å². The summed E-state index contributed by atoms with van der Waals surface area (Å²) in [5.41, 5.74) is 0.811. The molecule has 0 fully saturated rings. The Morgan fingerprint density at radius 1 is 0.750 bits per heavy atom. The molecule has 3 rings (SSSR count). The van der Waals surface area contributed by atoms with Gasteiger partial charge in [-0.3, -0.25) is 4.31 Å². The molecule has 0 saturated heterocycles. The third-order valence-corrected chi connectivity index (χ3v) is 5.40. The number of hydrogen-bond donors (Lipinski definition) is 0. The number of halogens is 1. The summed E-state index contributed by atoms with van der Waals surface area (Å²) in [5.74, 6) is -0.576. The molecule has 3 aromatic rings. The highest BCUT2D eigenvalue weighted by Crippen LogP contribution is 2.28. The molecule has 0 atom stereocenters. The highest BCUT2D eigenvalue weighted by atomic mass is 32.2. The predicted molar refractivity (Wildman–Crippen MR) is 92.7 cm³/mol. The molecule has 0 aliphatic carbocycles. The number of para-hydroxylation sites is 1. The van der Waals surface area contributed by atoms with E-state index in [9.17, 15) is 12.8 Å². The summed E-state index contributed by atoms with van der Waals surface area (Å²) in [5, 5.41) is 0. The van der Waals surface area contributed by atoms with Crippen LogP contribution in [0.25, 0.3) is 0 Å². The lowest BCUT2D eigenvalue weighted by atomic mass is 10.2. The molecule has 0 heterocycles. The molecule has 24 heavy (non-hydrogen) atoms. The van der Waals surface area contributed by atoms with Gasteiger partial charge in [-0.2, -0.15) is 0 Å². The van der Waals surface area contributed by atoms with Crippen molar-refractivity contribution < 1.29 is 12.8 Å². The van der Waals surface area contributed by atoms with E-state index in [1.807, 2.05) is 30.3 Å². The zero-order valence-corrected chi connectivity index (χ0v) is 13.7. The van der Waals surface area contributed by atoms with Gasteiger partial charge in [0.2, 0.25) is 0 Å². The third kappa shape index (κ3) is 3.31. The standard InChI is InChI=1S/C19H16FNO2S/c20-18-13-7-8-14-19(18)21(15-16-9-3-1-4-10-16)24(22,23)17-11-5-2-6-12-17/h1-14H,15H2. The van der Waals surface area contributed by atoms with Crippen LogP contribution in [0.4, 0.5) is 10.1 Å².